The van der Waals surface area contributed by atoms with Crippen molar-refractivity contribution in [1.82, 2.24) is 0 Å². The van der Waals surface area contributed by atoms with E-state index in [0.717, 1.165) is 10.8 Å². The molecule has 3 aliphatic carbocycles. The van der Waals surface area contributed by atoms with Crippen LogP contribution in [0.4, 0.5) is 0 Å². The fraction of sp³-hybridized carbons (Fsp3) is 1.00. The molecule has 0 radical (unpaired) electrons. The Balaban J connectivity index is 2.12. The number of rotatable bonds is 1. The first kappa shape index (κ1) is 7.64. The van der Waals surface area contributed by atoms with Crippen molar-refractivity contribution in [1.29, 1.82) is 0 Å². The predicted octanol–water partition coefficient (Wildman–Crippen LogP) is 3.76. The van der Waals surface area contributed by atoms with Gasteiger partial charge in [-0.15, -0.1) is 0 Å². The van der Waals surface area contributed by atoms with Gasteiger partial charge in [0.25, 0.3) is 0 Å². The molecule has 0 atom stereocenters. The smallest absolute Gasteiger partial charge is 0.0299 e. The Hall–Kier alpha value is 0. The molecule has 0 spiro atoms. The summed E-state index contributed by atoms with van der Waals surface area (Å²) < 4.78 is 0. The Bertz CT molecular complexity index is 133. The summed E-state index contributed by atoms with van der Waals surface area (Å²) in [5.74, 6) is 0. The highest BCUT2D eigenvalue weighted by Gasteiger charge is 2.44. The van der Waals surface area contributed by atoms with Crippen molar-refractivity contribution < 1.29 is 0 Å². The minimum absolute atomic E-state index is 0.761. The monoisotopic (exact) mass is 152 g/mol. The van der Waals surface area contributed by atoms with Gasteiger partial charge in [-0.1, -0.05) is 20.3 Å². The van der Waals surface area contributed by atoms with E-state index in [1.54, 1.807) is 0 Å². The predicted molar refractivity (Wildman–Crippen MR) is 48.5 cm³/mol. The lowest BCUT2D eigenvalue weighted by Gasteiger charge is -2.52. The number of hydrogen-bond donors (Lipinski definition) is 0. The molecule has 0 aliphatic heterocycles. The van der Waals surface area contributed by atoms with Crippen molar-refractivity contribution in [3.8, 4) is 0 Å². The average Bonchev–Trinajstić information content (AvgIpc) is 2.07. The van der Waals surface area contributed by atoms with E-state index in [1.165, 1.54) is 44.9 Å². The summed E-state index contributed by atoms with van der Waals surface area (Å²) >= 11 is 0. The molecule has 0 amide bonds. The van der Waals surface area contributed by atoms with E-state index in [2.05, 4.69) is 13.8 Å². The Labute approximate surface area is 70.4 Å². The summed E-state index contributed by atoms with van der Waals surface area (Å²) in [4.78, 5) is 0. The van der Waals surface area contributed by atoms with Crippen LogP contribution in [0.5, 0.6) is 0 Å². The van der Waals surface area contributed by atoms with Gasteiger partial charge in [-0.25, -0.2) is 0 Å². The molecule has 0 aromatic heterocycles. The zero-order chi connectivity index (χ0) is 7.95. The molecule has 0 heterocycles. The van der Waals surface area contributed by atoms with Crippen LogP contribution < -0.4 is 0 Å². The molecule has 0 unspecified atom stereocenters. The van der Waals surface area contributed by atoms with E-state index in [1.807, 2.05) is 0 Å². The van der Waals surface area contributed by atoms with Gasteiger partial charge >= 0.3 is 0 Å². The van der Waals surface area contributed by atoms with Gasteiger partial charge in [0.2, 0.25) is 0 Å². The van der Waals surface area contributed by atoms with Crippen LogP contribution in [0.3, 0.4) is 0 Å². The maximum atomic E-state index is 2.49. The van der Waals surface area contributed by atoms with E-state index in [0.29, 0.717) is 0 Å². The molecule has 11 heavy (non-hydrogen) atoms. The molecule has 3 aliphatic rings. The summed E-state index contributed by atoms with van der Waals surface area (Å²) in [7, 11) is 0. The summed E-state index contributed by atoms with van der Waals surface area (Å²) in [5.41, 5.74) is 1.56. The molecular weight excluding hydrogens is 132 g/mol. The highest BCUT2D eigenvalue weighted by Crippen LogP contribution is 2.57. The van der Waals surface area contributed by atoms with Crippen LogP contribution in [0.1, 0.15) is 58.8 Å². The SMILES string of the molecule is CCC12CCC(C)(CC1)CC2. The Morgan fingerprint density at radius 3 is 1.73 bits per heavy atom. The topological polar surface area (TPSA) is 0 Å². The van der Waals surface area contributed by atoms with Gasteiger partial charge in [0.15, 0.2) is 0 Å². The zero-order valence-electron chi connectivity index (χ0n) is 7.95. The minimum Gasteiger partial charge on any atom is -0.0649 e. The van der Waals surface area contributed by atoms with Crippen LogP contribution in [-0.2, 0) is 0 Å². The van der Waals surface area contributed by atoms with Crippen LogP contribution in [0.2, 0.25) is 0 Å². The van der Waals surface area contributed by atoms with Gasteiger partial charge in [-0.05, 0) is 49.4 Å². The first-order valence-electron chi connectivity index (χ1n) is 5.18. The molecule has 0 saturated heterocycles. The quantitative estimate of drug-likeness (QED) is 0.536. The Kier molecular flexibility index (Phi) is 1.56. The molecule has 2 bridgehead atoms. The Morgan fingerprint density at radius 1 is 0.909 bits per heavy atom. The minimum atomic E-state index is 0.761. The second kappa shape index (κ2) is 2.24. The molecule has 0 aromatic rings. The average molecular weight is 152 g/mol. The van der Waals surface area contributed by atoms with E-state index >= 15 is 0 Å². The van der Waals surface area contributed by atoms with Gasteiger partial charge < -0.3 is 0 Å². The van der Waals surface area contributed by atoms with E-state index in [4.69, 9.17) is 0 Å². The van der Waals surface area contributed by atoms with E-state index in [-0.39, 0.29) is 0 Å². The van der Waals surface area contributed by atoms with Gasteiger partial charge in [-0.3, -0.25) is 0 Å². The molecule has 64 valence electrons. The maximum Gasteiger partial charge on any atom is -0.0299 e. The molecule has 0 heteroatoms. The van der Waals surface area contributed by atoms with Crippen molar-refractivity contribution in [3.63, 3.8) is 0 Å². The summed E-state index contributed by atoms with van der Waals surface area (Å²) in [6.07, 6.45) is 10.6. The molecule has 3 rings (SSSR count). The number of fused-ring (bicyclic) bond motifs is 3. The third-order valence-corrected chi connectivity index (χ3v) is 4.53. The van der Waals surface area contributed by atoms with Gasteiger partial charge in [0, 0.05) is 0 Å². The molecule has 0 aromatic carbocycles. The maximum absolute atomic E-state index is 2.49. The Morgan fingerprint density at radius 2 is 1.36 bits per heavy atom. The molecule has 3 saturated carbocycles. The van der Waals surface area contributed by atoms with Crippen molar-refractivity contribution in [3.05, 3.63) is 0 Å². The third kappa shape index (κ3) is 1.11. The fourth-order valence-corrected chi connectivity index (χ4v) is 2.98. The molecule has 3 fully saturated rings. The standard InChI is InChI=1S/C11H20/c1-3-11-7-4-10(2,5-8-11)6-9-11/h3-9H2,1-2H3. The number of hydrogen-bond acceptors (Lipinski definition) is 0. The first-order valence-corrected chi connectivity index (χ1v) is 5.18. The van der Waals surface area contributed by atoms with Crippen molar-refractivity contribution >= 4 is 0 Å². The highest BCUT2D eigenvalue weighted by molar-refractivity contribution is 4.96. The molecule has 0 N–H and O–H groups in total. The molecular formula is C11H20. The third-order valence-electron chi connectivity index (χ3n) is 4.53. The summed E-state index contributed by atoms with van der Waals surface area (Å²) in [6.45, 7) is 4.87. The van der Waals surface area contributed by atoms with Gasteiger partial charge in [0.1, 0.15) is 0 Å². The summed E-state index contributed by atoms with van der Waals surface area (Å²) in [5, 5.41) is 0. The lowest BCUT2D eigenvalue weighted by Crippen LogP contribution is -2.39. The van der Waals surface area contributed by atoms with Crippen LogP contribution in [0, 0.1) is 10.8 Å². The first-order chi connectivity index (χ1) is 5.18. The largest absolute Gasteiger partial charge is 0.0649 e. The van der Waals surface area contributed by atoms with Crippen molar-refractivity contribution in [2.24, 2.45) is 10.8 Å². The second-order valence-electron chi connectivity index (χ2n) is 5.16. The van der Waals surface area contributed by atoms with Crippen molar-refractivity contribution in [2.45, 2.75) is 58.8 Å². The van der Waals surface area contributed by atoms with E-state index in [9.17, 15) is 0 Å². The normalized spacial score (nSPS) is 49.6. The molecule has 0 nitrogen and oxygen atoms in total. The zero-order valence-corrected chi connectivity index (χ0v) is 7.95. The van der Waals surface area contributed by atoms with Gasteiger partial charge in [-0.2, -0.15) is 0 Å². The van der Waals surface area contributed by atoms with E-state index < -0.39 is 0 Å². The van der Waals surface area contributed by atoms with Crippen LogP contribution >= 0.6 is 0 Å². The van der Waals surface area contributed by atoms with Crippen molar-refractivity contribution in [2.75, 3.05) is 0 Å². The lowest BCUT2D eigenvalue weighted by molar-refractivity contribution is 0.000797. The lowest BCUT2D eigenvalue weighted by atomic mass is 9.54. The fourth-order valence-electron chi connectivity index (χ4n) is 2.98. The van der Waals surface area contributed by atoms with Gasteiger partial charge in [0.05, 0.1) is 0 Å². The second-order valence-corrected chi connectivity index (χ2v) is 5.16. The van der Waals surface area contributed by atoms with Crippen LogP contribution in [-0.4, -0.2) is 0 Å². The highest BCUT2D eigenvalue weighted by atomic mass is 14.5. The van der Waals surface area contributed by atoms with Crippen LogP contribution in [0.15, 0.2) is 0 Å². The summed E-state index contributed by atoms with van der Waals surface area (Å²) in [6, 6.07) is 0. The van der Waals surface area contributed by atoms with Crippen LogP contribution in [0.25, 0.3) is 0 Å².